The summed E-state index contributed by atoms with van der Waals surface area (Å²) in [4.78, 5) is 6.65. The van der Waals surface area contributed by atoms with Crippen LogP contribution in [0, 0.1) is 12.8 Å². The number of hydrogen-bond donors (Lipinski definition) is 0. The molecule has 1 aliphatic heterocycles. The summed E-state index contributed by atoms with van der Waals surface area (Å²) in [7, 11) is 0. The van der Waals surface area contributed by atoms with Crippen molar-refractivity contribution in [2.24, 2.45) is 5.92 Å². The fourth-order valence-electron chi connectivity index (χ4n) is 1.90. The third-order valence-electron chi connectivity index (χ3n) is 2.67. The molecule has 1 atom stereocenters. The summed E-state index contributed by atoms with van der Waals surface area (Å²) in [5.74, 6) is 0.841. The van der Waals surface area contributed by atoms with Crippen LogP contribution in [0.4, 0.5) is 5.69 Å². The van der Waals surface area contributed by atoms with Gasteiger partial charge >= 0.3 is 0 Å². The van der Waals surface area contributed by atoms with E-state index in [0.717, 1.165) is 11.6 Å². The van der Waals surface area contributed by atoms with Crippen molar-refractivity contribution in [2.75, 3.05) is 18.0 Å². The van der Waals surface area contributed by atoms with E-state index < -0.39 is 0 Å². The van der Waals surface area contributed by atoms with Gasteiger partial charge in [-0.25, -0.2) is 0 Å². The van der Waals surface area contributed by atoms with Gasteiger partial charge in [0.1, 0.15) is 0 Å². The second-order valence-electron chi connectivity index (χ2n) is 4.00. The summed E-state index contributed by atoms with van der Waals surface area (Å²) in [5, 5.41) is 0. The Kier molecular flexibility index (Phi) is 2.21. The normalized spacial score (nSPS) is 22.3. The van der Waals surface area contributed by atoms with E-state index in [1.165, 1.54) is 25.2 Å². The van der Waals surface area contributed by atoms with Crippen LogP contribution in [-0.2, 0) is 0 Å². The van der Waals surface area contributed by atoms with Gasteiger partial charge in [-0.3, -0.25) is 4.98 Å². The highest BCUT2D eigenvalue weighted by Crippen LogP contribution is 2.22. The first-order valence-electron chi connectivity index (χ1n) is 4.93. The molecule has 0 radical (unpaired) electrons. The molecule has 0 amide bonds. The maximum absolute atomic E-state index is 4.20. The molecule has 1 saturated heterocycles. The minimum absolute atomic E-state index is 0.841. The standard InChI is InChI=1S/C11H16N2/c1-9-4-6-13(8-9)11-3-5-12-10(2)7-11/h3,5,7,9H,4,6,8H2,1-2H3. The van der Waals surface area contributed by atoms with Gasteiger partial charge in [0.15, 0.2) is 0 Å². The summed E-state index contributed by atoms with van der Waals surface area (Å²) < 4.78 is 0. The average molecular weight is 176 g/mol. The van der Waals surface area contributed by atoms with Crippen molar-refractivity contribution in [2.45, 2.75) is 20.3 Å². The molecule has 70 valence electrons. The fraction of sp³-hybridized carbons (Fsp3) is 0.545. The Bertz CT molecular complexity index is 296. The molecule has 0 N–H and O–H groups in total. The van der Waals surface area contributed by atoms with Gasteiger partial charge in [0.2, 0.25) is 0 Å². The zero-order chi connectivity index (χ0) is 9.26. The predicted molar refractivity (Wildman–Crippen MR) is 55.0 cm³/mol. The van der Waals surface area contributed by atoms with Crippen LogP contribution >= 0.6 is 0 Å². The molecule has 1 aliphatic rings. The molecule has 1 unspecified atom stereocenters. The SMILES string of the molecule is Cc1cc(N2CCC(C)C2)ccn1. The van der Waals surface area contributed by atoms with Crippen molar-refractivity contribution < 1.29 is 0 Å². The van der Waals surface area contributed by atoms with Crippen LogP contribution in [0.3, 0.4) is 0 Å². The van der Waals surface area contributed by atoms with Gasteiger partial charge in [-0.1, -0.05) is 6.92 Å². The lowest BCUT2D eigenvalue weighted by Gasteiger charge is -2.18. The monoisotopic (exact) mass is 176 g/mol. The molecule has 0 aromatic carbocycles. The number of rotatable bonds is 1. The molecule has 1 fully saturated rings. The van der Waals surface area contributed by atoms with E-state index in [2.05, 4.69) is 28.9 Å². The van der Waals surface area contributed by atoms with E-state index in [4.69, 9.17) is 0 Å². The lowest BCUT2D eigenvalue weighted by Crippen LogP contribution is -2.18. The topological polar surface area (TPSA) is 16.1 Å². The Morgan fingerprint density at radius 3 is 3.00 bits per heavy atom. The van der Waals surface area contributed by atoms with E-state index in [-0.39, 0.29) is 0 Å². The minimum atomic E-state index is 0.841. The van der Waals surface area contributed by atoms with Gasteiger partial charge in [0.05, 0.1) is 0 Å². The quantitative estimate of drug-likeness (QED) is 0.652. The highest BCUT2D eigenvalue weighted by Gasteiger charge is 2.18. The van der Waals surface area contributed by atoms with Crippen molar-refractivity contribution in [1.29, 1.82) is 0 Å². The van der Waals surface area contributed by atoms with Gasteiger partial charge in [-0.05, 0) is 31.4 Å². The van der Waals surface area contributed by atoms with Gasteiger partial charge in [-0.15, -0.1) is 0 Å². The molecule has 1 aromatic rings. The Morgan fingerprint density at radius 1 is 1.54 bits per heavy atom. The lowest BCUT2D eigenvalue weighted by atomic mass is 10.2. The highest BCUT2D eigenvalue weighted by molar-refractivity contribution is 5.47. The van der Waals surface area contributed by atoms with E-state index in [0.29, 0.717) is 0 Å². The number of anilines is 1. The number of nitrogens with zero attached hydrogens (tertiary/aromatic N) is 2. The summed E-state index contributed by atoms with van der Waals surface area (Å²) in [6.07, 6.45) is 3.22. The highest BCUT2D eigenvalue weighted by atomic mass is 15.1. The molecule has 0 saturated carbocycles. The van der Waals surface area contributed by atoms with Crippen molar-refractivity contribution >= 4 is 5.69 Å². The fourth-order valence-corrected chi connectivity index (χ4v) is 1.90. The average Bonchev–Trinajstić information content (AvgIpc) is 2.52. The largest absolute Gasteiger partial charge is 0.371 e. The van der Waals surface area contributed by atoms with Crippen LogP contribution in [0.1, 0.15) is 19.0 Å². The van der Waals surface area contributed by atoms with Crippen molar-refractivity contribution in [3.63, 3.8) is 0 Å². The Labute approximate surface area is 79.6 Å². The van der Waals surface area contributed by atoms with E-state index in [9.17, 15) is 0 Å². The van der Waals surface area contributed by atoms with E-state index in [1.54, 1.807) is 0 Å². The first-order chi connectivity index (χ1) is 6.25. The number of aryl methyl sites for hydroxylation is 1. The summed E-state index contributed by atoms with van der Waals surface area (Å²) in [5.41, 5.74) is 2.44. The molecule has 0 spiro atoms. The molecule has 2 nitrogen and oxygen atoms in total. The summed E-state index contributed by atoms with van der Waals surface area (Å²) in [6, 6.07) is 4.27. The van der Waals surface area contributed by atoms with E-state index in [1.807, 2.05) is 13.1 Å². The van der Waals surface area contributed by atoms with Crippen molar-refractivity contribution in [1.82, 2.24) is 4.98 Å². The van der Waals surface area contributed by atoms with Crippen LogP contribution in [0.15, 0.2) is 18.3 Å². The number of aromatic nitrogens is 1. The Morgan fingerprint density at radius 2 is 2.38 bits per heavy atom. The molecule has 0 aliphatic carbocycles. The van der Waals surface area contributed by atoms with Gasteiger partial charge < -0.3 is 4.90 Å². The van der Waals surface area contributed by atoms with Gasteiger partial charge in [0, 0.05) is 30.7 Å². The Hall–Kier alpha value is -1.05. The molecule has 2 heteroatoms. The molecule has 13 heavy (non-hydrogen) atoms. The van der Waals surface area contributed by atoms with E-state index >= 15 is 0 Å². The summed E-state index contributed by atoms with van der Waals surface area (Å²) >= 11 is 0. The maximum atomic E-state index is 4.20. The smallest absolute Gasteiger partial charge is 0.0399 e. The molecule has 0 bridgehead atoms. The van der Waals surface area contributed by atoms with Gasteiger partial charge in [0.25, 0.3) is 0 Å². The molecule has 2 heterocycles. The second kappa shape index (κ2) is 3.36. The van der Waals surface area contributed by atoms with Crippen molar-refractivity contribution in [3.8, 4) is 0 Å². The number of pyridine rings is 1. The first kappa shape index (κ1) is 8.54. The maximum Gasteiger partial charge on any atom is 0.0399 e. The third kappa shape index (κ3) is 1.82. The third-order valence-corrected chi connectivity index (χ3v) is 2.67. The van der Waals surface area contributed by atoms with Crippen LogP contribution in [0.2, 0.25) is 0 Å². The second-order valence-corrected chi connectivity index (χ2v) is 4.00. The number of hydrogen-bond acceptors (Lipinski definition) is 2. The minimum Gasteiger partial charge on any atom is -0.371 e. The van der Waals surface area contributed by atoms with Crippen LogP contribution in [0.5, 0.6) is 0 Å². The Balaban J connectivity index is 2.16. The van der Waals surface area contributed by atoms with Crippen LogP contribution < -0.4 is 4.90 Å². The first-order valence-corrected chi connectivity index (χ1v) is 4.93. The van der Waals surface area contributed by atoms with Gasteiger partial charge in [-0.2, -0.15) is 0 Å². The lowest BCUT2D eigenvalue weighted by molar-refractivity contribution is 0.659. The molecule has 2 rings (SSSR count). The van der Waals surface area contributed by atoms with Crippen LogP contribution in [0.25, 0.3) is 0 Å². The molecular weight excluding hydrogens is 160 g/mol. The predicted octanol–water partition coefficient (Wildman–Crippen LogP) is 2.24. The molecular formula is C11H16N2. The molecule has 1 aromatic heterocycles. The zero-order valence-electron chi connectivity index (χ0n) is 8.33. The van der Waals surface area contributed by atoms with Crippen molar-refractivity contribution in [3.05, 3.63) is 24.0 Å². The summed E-state index contributed by atoms with van der Waals surface area (Å²) in [6.45, 7) is 6.76. The zero-order valence-corrected chi connectivity index (χ0v) is 8.33. The van der Waals surface area contributed by atoms with Crippen LogP contribution in [-0.4, -0.2) is 18.1 Å².